The van der Waals surface area contributed by atoms with E-state index < -0.39 is 23.6 Å². The number of fused-ring (bicyclic) bond motifs is 1. The van der Waals surface area contributed by atoms with E-state index in [1.54, 1.807) is 30.3 Å². The SMILES string of the molecule is O=C(NCc1ccc(F)cc1)c1cnn2c(C(F)(F)F)cc(-c3ccccc3)nc12. The van der Waals surface area contributed by atoms with Gasteiger partial charge in [-0.15, -0.1) is 0 Å². The number of rotatable bonds is 4. The molecule has 5 nitrogen and oxygen atoms in total. The molecule has 0 unspecified atom stereocenters. The van der Waals surface area contributed by atoms with Gasteiger partial charge in [0.15, 0.2) is 11.3 Å². The number of amides is 1. The van der Waals surface area contributed by atoms with Crippen molar-refractivity contribution >= 4 is 11.6 Å². The molecule has 0 spiro atoms. The topological polar surface area (TPSA) is 59.3 Å². The summed E-state index contributed by atoms with van der Waals surface area (Å²) in [7, 11) is 0. The summed E-state index contributed by atoms with van der Waals surface area (Å²) in [6.07, 6.45) is -3.65. The molecule has 2 aromatic heterocycles. The van der Waals surface area contributed by atoms with E-state index in [4.69, 9.17) is 0 Å². The molecule has 0 aliphatic carbocycles. The van der Waals surface area contributed by atoms with E-state index in [9.17, 15) is 22.4 Å². The summed E-state index contributed by atoms with van der Waals surface area (Å²) in [5.41, 5.74) is -0.160. The molecule has 0 saturated carbocycles. The van der Waals surface area contributed by atoms with E-state index >= 15 is 0 Å². The molecule has 4 rings (SSSR count). The number of carbonyl (C=O) groups excluding carboxylic acids is 1. The summed E-state index contributed by atoms with van der Waals surface area (Å²) in [6.45, 7) is 0.0704. The Labute approximate surface area is 168 Å². The van der Waals surface area contributed by atoms with E-state index in [1.807, 2.05) is 0 Å². The second kappa shape index (κ2) is 7.58. The van der Waals surface area contributed by atoms with Gasteiger partial charge in [0, 0.05) is 12.1 Å². The van der Waals surface area contributed by atoms with Crippen LogP contribution in [0.25, 0.3) is 16.9 Å². The molecule has 152 valence electrons. The molecule has 1 amide bonds. The van der Waals surface area contributed by atoms with Crippen molar-refractivity contribution in [1.29, 1.82) is 0 Å². The number of nitrogens with one attached hydrogen (secondary N) is 1. The Kier molecular flexibility index (Phi) is 4.94. The number of hydrogen-bond acceptors (Lipinski definition) is 3. The molecule has 2 aromatic carbocycles. The third-order valence-electron chi connectivity index (χ3n) is 4.44. The second-order valence-corrected chi connectivity index (χ2v) is 6.49. The molecule has 0 fully saturated rings. The lowest BCUT2D eigenvalue weighted by molar-refractivity contribution is -0.142. The first-order valence-electron chi connectivity index (χ1n) is 8.87. The molecule has 0 atom stereocenters. The van der Waals surface area contributed by atoms with Crippen molar-refractivity contribution < 1.29 is 22.4 Å². The summed E-state index contributed by atoms with van der Waals surface area (Å²) < 4.78 is 54.4. The quantitative estimate of drug-likeness (QED) is 0.501. The van der Waals surface area contributed by atoms with Crippen LogP contribution in [0.5, 0.6) is 0 Å². The van der Waals surface area contributed by atoms with Crippen LogP contribution in [0.15, 0.2) is 66.9 Å². The molecular weight excluding hydrogens is 400 g/mol. The minimum Gasteiger partial charge on any atom is -0.348 e. The van der Waals surface area contributed by atoms with Gasteiger partial charge in [0.25, 0.3) is 5.91 Å². The molecule has 0 radical (unpaired) electrons. The highest BCUT2D eigenvalue weighted by Gasteiger charge is 2.36. The maximum absolute atomic E-state index is 13.6. The fourth-order valence-corrected chi connectivity index (χ4v) is 2.96. The molecule has 9 heteroatoms. The van der Waals surface area contributed by atoms with Crippen molar-refractivity contribution in [2.24, 2.45) is 0 Å². The van der Waals surface area contributed by atoms with Crippen LogP contribution in [0.3, 0.4) is 0 Å². The van der Waals surface area contributed by atoms with Gasteiger partial charge in [0.2, 0.25) is 0 Å². The zero-order valence-corrected chi connectivity index (χ0v) is 15.3. The summed E-state index contributed by atoms with van der Waals surface area (Å²) in [5, 5.41) is 6.33. The number of aromatic nitrogens is 3. The number of halogens is 4. The summed E-state index contributed by atoms with van der Waals surface area (Å²) in [6, 6.07) is 14.8. The van der Waals surface area contributed by atoms with Crippen LogP contribution in [-0.2, 0) is 12.7 Å². The van der Waals surface area contributed by atoms with Crippen molar-refractivity contribution in [2.75, 3.05) is 0 Å². The Bertz CT molecular complexity index is 1200. The predicted molar refractivity (Wildman–Crippen MR) is 101 cm³/mol. The monoisotopic (exact) mass is 414 g/mol. The highest BCUT2D eigenvalue weighted by molar-refractivity contribution is 5.99. The van der Waals surface area contributed by atoms with Gasteiger partial charge in [-0.25, -0.2) is 13.9 Å². The van der Waals surface area contributed by atoms with Gasteiger partial charge in [0.1, 0.15) is 11.4 Å². The third kappa shape index (κ3) is 3.86. The molecule has 0 saturated heterocycles. The predicted octanol–water partition coefficient (Wildman–Crippen LogP) is 4.48. The van der Waals surface area contributed by atoms with Gasteiger partial charge in [-0.3, -0.25) is 4.79 Å². The van der Waals surface area contributed by atoms with Crippen molar-refractivity contribution in [2.45, 2.75) is 12.7 Å². The van der Waals surface area contributed by atoms with Crippen LogP contribution in [0, 0.1) is 5.82 Å². The van der Waals surface area contributed by atoms with Crippen LogP contribution in [0.4, 0.5) is 17.6 Å². The Morgan fingerprint density at radius 1 is 1.03 bits per heavy atom. The number of carbonyl (C=O) groups is 1. The van der Waals surface area contributed by atoms with Crippen LogP contribution >= 0.6 is 0 Å². The Hall–Kier alpha value is -3.75. The highest BCUT2D eigenvalue weighted by atomic mass is 19.4. The fraction of sp³-hybridized carbons (Fsp3) is 0.0952. The van der Waals surface area contributed by atoms with E-state index in [-0.39, 0.29) is 23.4 Å². The lowest BCUT2D eigenvalue weighted by Gasteiger charge is -2.11. The maximum Gasteiger partial charge on any atom is 0.433 e. The molecule has 0 aliphatic rings. The normalized spacial score (nSPS) is 11.6. The number of benzene rings is 2. The zero-order valence-electron chi connectivity index (χ0n) is 15.3. The van der Waals surface area contributed by atoms with Crippen LogP contribution in [-0.4, -0.2) is 20.5 Å². The lowest BCUT2D eigenvalue weighted by Crippen LogP contribution is -2.23. The Balaban J connectivity index is 1.73. The van der Waals surface area contributed by atoms with Gasteiger partial charge < -0.3 is 5.32 Å². The minimum atomic E-state index is -4.70. The van der Waals surface area contributed by atoms with Crippen LogP contribution in [0.1, 0.15) is 21.6 Å². The molecule has 4 aromatic rings. The standard InChI is InChI=1S/C21H14F4N4O/c22-15-8-6-13(7-9-15)11-26-20(30)16-12-27-29-18(21(23,24)25)10-17(28-19(16)29)14-4-2-1-3-5-14/h1-10,12H,11H2,(H,26,30). The smallest absolute Gasteiger partial charge is 0.348 e. The summed E-state index contributed by atoms with van der Waals surface area (Å²) in [4.78, 5) is 16.9. The molecular formula is C21H14F4N4O. The third-order valence-corrected chi connectivity index (χ3v) is 4.44. The molecule has 1 N–H and O–H groups in total. The lowest BCUT2D eigenvalue weighted by atomic mass is 10.1. The van der Waals surface area contributed by atoms with Crippen molar-refractivity contribution in [3.8, 4) is 11.3 Å². The van der Waals surface area contributed by atoms with E-state index in [2.05, 4.69) is 15.4 Å². The van der Waals surface area contributed by atoms with Gasteiger partial charge in [-0.05, 0) is 23.8 Å². The zero-order chi connectivity index (χ0) is 21.3. The largest absolute Gasteiger partial charge is 0.433 e. The van der Waals surface area contributed by atoms with Crippen LogP contribution in [0.2, 0.25) is 0 Å². The average Bonchev–Trinajstić information content (AvgIpc) is 3.16. The Morgan fingerprint density at radius 3 is 2.40 bits per heavy atom. The molecule has 30 heavy (non-hydrogen) atoms. The molecule has 0 bridgehead atoms. The first-order chi connectivity index (χ1) is 14.3. The van der Waals surface area contributed by atoms with Crippen molar-refractivity contribution in [3.05, 3.63) is 89.5 Å². The van der Waals surface area contributed by atoms with E-state index in [1.165, 1.54) is 24.3 Å². The van der Waals surface area contributed by atoms with Crippen molar-refractivity contribution in [3.63, 3.8) is 0 Å². The fourth-order valence-electron chi connectivity index (χ4n) is 2.96. The van der Waals surface area contributed by atoms with Gasteiger partial charge >= 0.3 is 6.18 Å². The summed E-state index contributed by atoms with van der Waals surface area (Å²) in [5.74, 6) is -1.05. The van der Waals surface area contributed by atoms with Crippen LogP contribution < -0.4 is 5.32 Å². The molecule has 2 heterocycles. The Morgan fingerprint density at radius 2 is 1.73 bits per heavy atom. The van der Waals surface area contributed by atoms with Crippen molar-refractivity contribution in [1.82, 2.24) is 19.9 Å². The number of hydrogen-bond donors (Lipinski definition) is 1. The van der Waals surface area contributed by atoms with Gasteiger partial charge in [-0.2, -0.15) is 18.3 Å². The molecule has 0 aliphatic heterocycles. The van der Waals surface area contributed by atoms with E-state index in [0.29, 0.717) is 15.6 Å². The first-order valence-corrected chi connectivity index (χ1v) is 8.87. The second-order valence-electron chi connectivity index (χ2n) is 6.49. The highest BCUT2D eigenvalue weighted by Crippen LogP contribution is 2.32. The average molecular weight is 414 g/mol. The van der Waals surface area contributed by atoms with E-state index in [0.717, 1.165) is 12.3 Å². The minimum absolute atomic E-state index is 0.0704. The van der Waals surface area contributed by atoms with Gasteiger partial charge in [0.05, 0.1) is 11.9 Å². The first kappa shape index (κ1) is 19.6. The van der Waals surface area contributed by atoms with Gasteiger partial charge in [-0.1, -0.05) is 42.5 Å². The number of alkyl halides is 3. The number of nitrogens with zero attached hydrogens (tertiary/aromatic N) is 3. The summed E-state index contributed by atoms with van der Waals surface area (Å²) >= 11 is 0. The maximum atomic E-state index is 13.6.